The molecule has 0 spiro atoms. The van der Waals surface area contributed by atoms with Crippen LogP contribution in [0.25, 0.3) is 0 Å². The monoisotopic (exact) mass is 313 g/mol. The number of phenolic OH excluding ortho intramolecular Hbond substituents is 1. The second-order valence-electron chi connectivity index (χ2n) is 4.60. The highest BCUT2D eigenvalue weighted by Crippen LogP contribution is 2.22. The summed E-state index contributed by atoms with van der Waals surface area (Å²) in [6, 6.07) is 5.04. The molecule has 0 saturated carbocycles. The molecule has 0 unspecified atom stereocenters. The largest absolute Gasteiger partial charge is 0.507 e. The second kappa shape index (κ2) is 6.23. The van der Waals surface area contributed by atoms with Gasteiger partial charge < -0.3 is 10.4 Å². The van der Waals surface area contributed by atoms with Gasteiger partial charge in [-0.15, -0.1) is 0 Å². The molecular weight excluding hydrogens is 294 g/mol. The lowest BCUT2D eigenvalue weighted by Crippen LogP contribution is -2.49. The number of phenols is 1. The van der Waals surface area contributed by atoms with Crippen LogP contribution >= 0.6 is 15.9 Å². The maximum Gasteiger partial charge on any atom is 0.255 e. The van der Waals surface area contributed by atoms with Crippen LogP contribution in [0.15, 0.2) is 18.2 Å². The van der Waals surface area contributed by atoms with Crippen molar-refractivity contribution in [2.45, 2.75) is 39.2 Å². The summed E-state index contributed by atoms with van der Waals surface area (Å²) in [4.78, 5) is 12.2. The Morgan fingerprint density at radius 3 is 2.50 bits per heavy atom. The van der Waals surface area contributed by atoms with Gasteiger partial charge in [-0.2, -0.15) is 0 Å². The topological polar surface area (TPSA) is 49.3 Å². The number of aryl methyl sites for hydroxylation is 1. The summed E-state index contributed by atoms with van der Waals surface area (Å²) in [5, 5.41) is 13.5. The molecule has 1 aromatic carbocycles. The molecule has 0 heterocycles. The van der Waals surface area contributed by atoms with E-state index < -0.39 is 0 Å². The van der Waals surface area contributed by atoms with Crippen LogP contribution in [0.2, 0.25) is 0 Å². The molecule has 2 N–H and O–H groups in total. The molecule has 1 rings (SSSR count). The van der Waals surface area contributed by atoms with E-state index in [1.54, 1.807) is 18.2 Å². The highest BCUT2D eigenvalue weighted by atomic mass is 79.9. The van der Waals surface area contributed by atoms with E-state index in [1.807, 2.05) is 20.8 Å². The van der Waals surface area contributed by atoms with Crippen molar-refractivity contribution in [3.05, 3.63) is 29.3 Å². The Hall–Kier alpha value is -1.03. The Kier molecular flexibility index (Phi) is 5.20. The zero-order chi connectivity index (χ0) is 13.8. The van der Waals surface area contributed by atoms with Gasteiger partial charge in [-0.25, -0.2) is 0 Å². The van der Waals surface area contributed by atoms with Gasteiger partial charge in [-0.05, 0) is 31.9 Å². The van der Waals surface area contributed by atoms with Gasteiger partial charge >= 0.3 is 0 Å². The number of benzene rings is 1. The number of alkyl halides is 1. The van der Waals surface area contributed by atoms with Gasteiger partial charge in [0.2, 0.25) is 0 Å². The third-order valence-corrected chi connectivity index (χ3v) is 4.46. The zero-order valence-electron chi connectivity index (χ0n) is 11.1. The molecule has 0 atom stereocenters. The highest BCUT2D eigenvalue weighted by Gasteiger charge is 2.28. The quantitative estimate of drug-likeness (QED) is 0.819. The predicted octanol–water partition coefficient (Wildman–Crippen LogP) is 3.38. The first kappa shape index (κ1) is 15.0. The summed E-state index contributed by atoms with van der Waals surface area (Å²) in [7, 11) is 0. The number of carbonyl (C=O) groups is 1. The second-order valence-corrected chi connectivity index (χ2v) is 5.16. The molecule has 0 aliphatic carbocycles. The van der Waals surface area contributed by atoms with Crippen molar-refractivity contribution < 1.29 is 9.90 Å². The van der Waals surface area contributed by atoms with Crippen LogP contribution < -0.4 is 5.32 Å². The van der Waals surface area contributed by atoms with Crippen LogP contribution in [-0.4, -0.2) is 21.9 Å². The van der Waals surface area contributed by atoms with Crippen molar-refractivity contribution in [2.75, 3.05) is 5.33 Å². The van der Waals surface area contributed by atoms with Gasteiger partial charge in [0.15, 0.2) is 0 Å². The summed E-state index contributed by atoms with van der Waals surface area (Å²) in [6.07, 6.45) is 1.68. The van der Waals surface area contributed by atoms with Crippen LogP contribution in [0.1, 0.15) is 42.6 Å². The van der Waals surface area contributed by atoms with Crippen LogP contribution in [-0.2, 0) is 0 Å². The molecule has 0 fully saturated rings. The van der Waals surface area contributed by atoms with E-state index in [0.29, 0.717) is 10.9 Å². The summed E-state index contributed by atoms with van der Waals surface area (Å²) in [5.41, 5.74) is 1.03. The fourth-order valence-corrected chi connectivity index (χ4v) is 2.72. The molecule has 0 bridgehead atoms. The molecule has 3 nitrogen and oxygen atoms in total. The lowest BCUT2D eigenvalue weighted by atomic mass is 9.94. The molecule has 0 radical (unpaired) electrons. The number of nitrogens with one attached hydrogen (secondary N) is 1. The van der Waals surface area contributed by atoms with E-state index in [4.69, 9.17) is 0 Å². The Bertz CT molecular complexity index is 420. The Labute approximate surface area is 117 Å². The van der Waals surface area contributed by atoms with Crippen molar-refractivity contribution in [3.63, 3.8) is 0 Å². The summed E-state index contributed by atoms with van der Waals surface area (Å²) in [5.74, 6) is -0.201. The molecule has 0 aliphatic heterocycles. The van der Waals surface area contributed by atoms with Crippen molar-refractivity contribution in [3.8, 4) is 5.75 Å². The van der Waals surface area contributed by atoms with Crippen molar-refractivity contribution in [1.82, 2.24) is 5.32 Å². The minimum atomic E-state index is -0.257. The van der Waals surface area contributed by atoms with E-state index in [9.17, 15) is 9.90 Å². The lowest BCUT2D eigenvalue weighted by Gasteiger charge is -2.31. The molecule has 0 aromatic heterocycles. The zero-order valence-corrected chi connectivity index (χ0v) is 12.7. The smallest absolute Gasteiger partial charge is 0.255 e. The molecule has 0 saturated heterocycles. The molecule has 1 amide bonds. The number of hydrogen-bond donors (Lipinski definition) is 2. The Morgan fingerprint density at radius 1 is 1.39 bits per heavy atom. The Morgan fingerprint density at radius 2 is 2.00 bits per heavy atom. The third kappa shape index (κ3) is 3.25. The first-order chi connectivity index (χ1) is 8.48. The van der Waals surface area contributed by atoms with Gasteiger partial charge in [0, 0.05) is 10.9 Å². The van der Waals surface area contributed by atoms with Crippen molar-refractivity contribution in [2.24, 2.45) is 0 Å². The number of halogens is 1. The highest BCUT2D eigenvalue weighted by molar-refractivity contribution is 9.09. The number of carbonyl (C=O) groups excluding carboxylic acids is 1. The van der Waals surface area contributed by atoms with Crippen molar-refractivity contribution in [1.29, 1.82) is 0 Å². The minimum absolute atomic E-state index is 0.0220. The first-order valence-electron chi connectivity index (χ1n) is 6.16. The minimum Gasteiger partial charge on any atom is -0.507 e. The van der Waals surface area contributed by atoms with Gasteiger partial charge in [-0.3, -0.25) is 4.79 Å². The number of amides is 1. The van der Waals surface area contributed by atoms with E-state index in [1.165, 1.54) is 0 Å². The molecule has 100 valence electrons. The van der Waals surface area contributed by atoms with E-state index >= 15 is 0 Å². The van der Waals surface area contributed by atoms with Crippen LogP contribution in [0.4, 0.5) is 0 Å². The van der Waals surface area contributed by atoms with Gasteiger partial charge in [-0.1, -0.05) is 41.4 Å². The predicted molar refractivity (Wildman–Crippen MR) is 77.4 cm³/mol. The fourth-order valence-electron chi connectivity index (χ4n) is 1.79. The van der Waals surface area contributed by atoms with Gasteiger partial charge in [0.05, 0.1) is 5.56 Å². The average molecular weight is 314 g/mol. The van der Waals surface area contributed by atoms with Crippen LogP contribution in [0.5, 0.6) is 5.75 Å². The molecule has 18 heavy (non-hydrogen) atoms. The molecule has 0 aliphatic rings. The van der Waals surface area contributed by atoms with Gasteiger partial charge in [0.1, 0.15) is 5.75 Å². The summed E-state index contributed by atoms with van der Waals surface area (Å²) in [6.45, 7) is 5.98. The SMILES string of the molecule is CCC(CC)(CBr)NC(=O)c1cc(C)ccc1O. The van der Waals surface area contributed by atoms with E-state index in [0.717, 1.165) is 18.4 Å². The van der Waals surface area contributed by atoms with E-state index in [2.05, 4.69) is 21.2 Å². The fraction of sp³-hybridized carbons (Fsp3) is 0.500. The van der Waals surface area contributed by atoms with Crippen molar-refractivity contribution >= 4 is 21.8 Å². The lowest BCUT2D eigenvalue weighted by molar-refractivity contribution is 0.0901. The molecular formula is C14H20BrNO2. The van der Waals surface area contributed by atoms with Crippen LogP contribution in [0, 0.1) is 6.92 Å². The number of aromatic hydroxyl groups is 1. The maximum absolute atomic E-state index is 12.2. The van der Waals surface area contributed by atoms with Crippen LogP contribution in [0.3, 0.4) is 0 Å². The van der Waals surface area contributed by atoms with E-state index in [-0.39, 0.29) is 17.2 Å². The van der Waals surface area contributed by atoms with Gasteiger partial charge in [0.25, 0.3) is 5.91 Å². The first-order valence-corrected chi connectivity index (χ1v) is 7.28. The summed E-state index contributed by atoms with van der Waals surface area (Å²) < 4.78 is 0. The normalized spacial score (nSPS) is 11.3. The Balaban J connectivity index is 2.97. The molecule has 1 aromatic rings. The number of rotatable bonds is 5. The number of hydrogen-bond acceptors (Lipinski definition) is 2. The summed E-state index contributed by atoms with van der Waals surface area (Å²) >= 11 is 3.45. The average Bonchev–Trinajstić information content (AvgIpc) is 2.38. The molecule has 4 heteroatoms. The third-order valence-electron chi connectivity index (χ3n) is 3.38. The maximum atomic E-state index is 12.2. The standard InChI is InChI=1S/C14H20BrNO2/c1-4-14(5-2,9-15)16-13(18)11-8-10(3)6-7-12(11)17/h6-8,17H,4-5,9H2,1-3H3,(H,16,18).